The van der Waals surface area contributed by atoms with E-state index >= 15 is 0 Å². The van der Waals surface area contributed by atoms with Crippen molar-refractivity contribution in [1.29, 1.82) is 0 Å². The van der Waals surface area contributed by atoms with E-state index in [0.717, 1.165) is 6.54 Å². The summed E-state index contributed by atoms with van der Waals surface area (Å²) in [5.41, 5.74) is 0.482. The van der Waals surface area contributed by atoms with Crippen molar-refractivity contribution in [3.8, 4) is 17.0 Å². The molecule has 0 saturated carbocycles. The number of piperazine rings is 1. The quantitative estimate of drug-likeness (QED) is 0.360. The third kappa shape index (κ3) is 5.61. The van der Waals surface area contributed by atoms with E-state index in [2.05, 4.69) is 25.4 Å². The SMILES string of the molecule is CN1CCN(C(=O)Cn2cc(NC(=O)c3cnn4cccnc34)c(-c3cc(Cl)ccc3OC(F)F)n2)C(C)(C)C1. The number of halogens is 3. The van der Waals surface area contributed by atoms with Gasteiger partial charge in [-0.25, -0.2) is 9.50 Å². The Bertz CT molecular complexity index is 1570. The molecule has 0 unspecified atom stereocenters. The van der Waals surface area contributed by atoms with Crippen molar-refractivity contribution in [3.63, 3.8) is 0 Å². The number of fused-ring (bicyclic) bond motifs is 1. The lowest BCUT2D eigenvalue weighted by molar-refractivity contribution is -0.140. The van der Waals surface area contributed by atoms with Crippen LogP contribution in [0.15, 0.2) is 49.1 Å². The number of hydrogen-bond donors (Lipinski definition) is 1. The van der Waals surface area contributed by atoms with Gasteiger partial charge < -0.3 is 19.9 Å². The Morgan fingerprint density at radius 1 is 1.25 bits per heavy atom. The molecule has 11 nitrogen and oxygen atoms in total. The lowest BCUT2D eigenvalue weighted by Gasteiger charge is -2.46. The van der Waals surface area contributed by atoms with E-state index in [9.17, 15) is 18.4 Å². The molecule has 0 atom stereocenters. The van der Waals surface area contributed by atoms with E-state index in [1.165, 1.54) is 46.0 Å². The molecule has 14 heteroatoms. The number of likely N-dealkylation sites (N-methyl/N-ethyl adjacent to an activating group) is 1. The average molecular weight is 573 g/mol. The third-order valence-electron chi connectivity index (χ3n) is 6.64. The molecule has 0 radical (unpaired) electrons. The van der Waals surface area contributed by atoms with Crippen LogP contribution in [0.2, 0.25) is 5.02 Å². The maximum absolute atomic E-state index is 13.4. The number of nitrogens with one attached hydrogen (secondary N) is 1. The third-order valence-corrected chi connectivity index (χ3v) is 6.87. The highest BCUT2D eigenvalue weighted by molar-refractivity contribution is 6.31. The van der Waals surface area contributed by atoms with Crippen LogP contribution in [0.3, 0.4) is 0 Å². The summed E-state index contributed by atoms with van der Waals surface area (Å²) in [4.78, 5) is 34.8. The zero-order chi connectivity index (χ0) is 28.6. The molecule has 5 rings (SSSR count). The first-order valence-corrected chi connectivity index (χ1v) is 12.8. The summed E-state index contributed by atoms with van der Waals surface area (Å²) in [6.07, 6.45) is 6.02. The number of ether oxygens (including phenoxy) is 1. The Morgan fingerprint density at radius 3 is 2.80 bits per heavy atom. The zero-order valence-electron chi connectivity index (χ0n) is 22.0. The molecule has 40 heavy (non-hydrogen) atoms. The highest BCUT2D eigenvalue weighted by atomic mass is 35.5. The molecule has 0 bridgehead atoms. The van der Waals surface area contributed by atoms with Gasteiger partial charge >= 0.3 is 6.61 Å². The predicted molar refractivity (Wildman–Crippen MR) is 144 cm³/mol. The van der Waals surface area contributed by atoms with E-state index < -0.39 is 18.1 Å². The minimum Gasteiger partial charge on any atom is -0.434 e. The Labute approximate surface area is 233 Å². The van der Waals surface area contributed by atoms with Gasteiger partial charge in [0.2, 0.25) is 5.91 Å². The van der Waals surface area contributed by atoms with E-state index in [4.69, 9.17) is 16.3 Å². The fourth-order valence-corrected chi connectivity index (χ4v) is 5.11. The molecule has 1 aliphatic rings. The van der Waals surface area contributed by atoms with Crippen LogP contribution in [0.4, 0.5) is 14.5 Å². The van der Waals surface area contributed by atoms with Crippen LogP contribution >= 0.6 is 11.6 Å². The Kier molecular flexibility index (Phi) is 7.43. The summed E-state index contributed by atoms with van der Waals surface area (Å²) in [7, 11) is 2.00. The molecule has 1 aliphatic heterocycles. The molecule has 1 fully saturated rings. The molecule has 0 aliphatic carbocycles. The topological polar surface area (TPSA) is 110 Å². The number of rotatable bonds is 7. The second-order valence-electron chi connectivity index (χ2n) is 10.1. The normalized spacial score (nSPS) is 15.5. The largest absolute Gasteiger partial charge is 0.434 e. The van der Waals surface area contributed by atoms with Gasteiger partial charge in [-0.2, -0.15) is 19.0 Å². The fourth-order valence-electron chi connectivity index (χ4n) is 4.94. The fraction of sp³-hybridized carbons (Fsp3) is 0.346. The number of nitrogens with zero attached hydrogens (tertiary/aromatic N) is 7. The van der Waals surface area contributed by atoms with Crippen molar-refractivity contribution in [2.75, 3.05) is 32.0 Å². The van der Waals surface area contributed by atoms with Crippen molar-refractivity contribution in [1.82, 2.24) is 34.2 Å². The molecule has 2 amide bonds. The number of hydrogen-bond acceptors (Lipinski definition) is 7. The van der Waals surface area contributed by atoms with Crippen molar-refractivity contribution >= 4 is 34.7 Å². The molecule has 1 N–H and O–H groups in total. The molecular formula is C26H27ClF2N8O3. The molecule has 3 aromatic heterocycles. The van der Waals surface area contributed by atoms with Gasteiger partial charge in [0.1, 0.15) is 23.6 Å². The van der Waals surface area contributed by atoms with E-state index in [1.54, 1.807) is 17.2 Å². The number of carbonyl (C=O) groups is 2. The van der Waals surface area contributed by atoms with Crippen LogP contribution in [0, 0.1) is 0 Å². The van der Waals surface area contributed by atoms with Gasteiger partial charge in [-0.1, -0.05) is 11.6 Å². The first-order valence-electron chi connectivity index (χ1n) is 12.4. The van der Waals surface area contributed by atoms with Gasteiger partial charge in [-0.05, 0) is 45.2 Å². The minimum atomic E-state index is -3.11. The van der Waals surface area contributed by atoms with E-state index in [0.29, 0.717) is 18.7 Å². The first-order chi connectivity index (χ1) is 19.0. The van der Waals surface area contributed by atoms with Crippen LogP contribution < -0.4 is 10.1 Å². The second kappa shape index (κ2) is 10.8. The monoisotopic (exact) mass is 572 g/mol. The van der Waals surface area contributed by atoms with Crippen molar-refractivity contribution in [2.45, 2.75) is 32.5 Å². The Morgan fingerprint density at radius 2 is 2.05 bits per heavy atom. The summed E-state index contributed by atoms with van der Waals surface area (Å²) in [6, 6.07) is 5.78. The number of benzene rings is 1. The van der Waals surface area contributed by atoms with Gasteiger partial charge in [0, 0.05) is 48.8 Å². The van der Waals surface area contributed by atoms with Crippen LogP contribution in [0.1, 0.15) is 24.2 Å². The van der Waals surface area contributed by atoms with Crippen LogP contribution in [-0.4, -0.2) is 84.8 Å². The maximum atomic E-state index is 13.4. The Hall–Kier alpha value is -4.10. The molecule has 4 heterocycles. The highest BCUT2D eigenvalue weighted by Gasteiger charge is 2.35. The average Bonchev–Trinajstić information content (AvgIpc) is 3.48. The number of aromatic nitrogens is 5. The van der Waals surface area contributed by atoms with Gasteiger partial charge in [0.05, 0.1) is 17.4 Å². The summed E-state index contributed by atoms with van der Waals surface area (Å²) in [5.74, 6) is -0.921. The second-order valence-corrected chi connectivity index (χ2v) is 10.5. The van der Waals surface area contributed by atoms with Crippen molar-refractivity contribution in [3.05, 3.63) is 59.6 Å². The molecule has 210 valence electrons. The zero-order valence-corrected chi connectivity index (χ0v) is 22.8. The summed E-state index contributed by atoms with van der Waals surface area (Å²) < 4.78 is 34.0. The van der Waals surface area contributed by atoms with Gasteiger partial charge in [0.25, 0.3) is 5.91 Å². The molecule has 4 aromatic rings. The number of carbonyl (C=O) groups excluding carboxylic acids is 2. The maximum Gasteiger partial charge on any atom is 0.387 e. The Balaban J connectivity index is 1.52. The lowest BCUT2D eigenvalue weighted by atomic mass is 9.99. The molecule has 0 spiro atoms. The summed E-state index contributed by atoms with van der Waals surface area (Å²) in [6.45, 7) is 2.71. The standard InChI is InChI=1S/C26H27ClF2N8O3/c1-26(2)15-34(3)9-10-36(26)21(38)14-35-13-19(32-24(39)18-12-31-37-8-4-7-30-23(18)37)22(33-35)17-11-16(27)5-6-20(17)40-25(28)29/h4-8,11-13,25H,9-10,14-15H2,1-3H3,(H,32,39). The summed E-state index contributed by atoms with van der Waals surface area (Å²) in [5, 5.41) is 11.6. The predicted octanol–water partition coefficient (Wildman–Crippen LogP) is 3.65. The minimum absolute atomic E-state index is 0.0985. The molecule has 1 aromatic carbocycles. The van der Waals surface area contributed by atoms with Gasteiger partial charge in [0.15, 0.2) is 5.65 Å². The lowest BCUT2D eigenvalue weighted by Crippen LogP contribution is -2.60. The van der Waals surface area contributed by atoms with E-state index in [1.807, 2.05) is 20.9 Å². The van der Waals surface area contributed by atoms with Crippen LogP contribution in [0.5, 0.6) is 5.75 Å². The van der Waals surface area contributed by atoms with Crippen LogP contribution in [-0.2, 0) is 11.3 Å². The van der Waals surface area contributed by atoms with Crippen molar-refractivity contribution < 1.29 is 23.1 Å². The molecule has 1 saturated heterocycles. The summed E-state index contributed by atoms with van der Waals surface area (Å²) >= 11 is 6.19. The van der Waals surface area contributed by atoms with Crippen molar-refractivity contribution in [2.24, 2.45) is 0 Å². The van der Waals surface area contributed by atoms with Gasteiger partial charge in [-0.3, -0.25) is 14.3 Å². The molecular weight excluding hydrogens is 546 g/mol. The first kappa shape index (κ1) is 27.5. The number of amides is 2. The number of alkyl halides is 2. The highest BCUT2D eigenvalue weighted by Crippen LogP contribution is 2.37. The van der Waals surface area contributed by atoms with Gasteiger partial charge in [-0.15, -0.1) is 0 Å². The van der Waals surface area contributed by atoms with E-state index in [-0.39, 0.29) is 45.7 Å². The van der Waals surface area contributed by atoms with Crippen LogP contribution in [0.25, 0.3) is 16.9 Å². The number of anilines is 1. The smallest absolute Gasteiger partial charge is 0.387 e.